The Morgan fingerprint density at radius 3 is 2.79 bits per heavy atom. The Hall–Kier alpha value is -2.10. The molecule has 4 heteroatoms. The highest BCUT2D eigenvalue weighted by Crippen LogP contribution is 2.13. The van der Waals surface area contributed by atoms with Crippen molar-refractivity contribution < 1.29 is 4.79 Å². The molecule has 2 rings (SSSR count). The van der Waals surface area contributed by atoms with Crippen LogP contribution in [0, 0.1) is 13.8 Å². The van der Waals surface area contributed by atoms with Gasteiger partial charge in [-0.15, -0.1) is 0 Å². The van der Waals surface area contributed by atoms with Crippen LogP contribution in [0.4, 0.5) is 5.82 Å². The van der Waals surface area contributed by atoms with Crippen LogP contribution in [-0.2, 0) is 17.6 Å². The van der Waals surface area contributed by atoms with E-state index < -0.39 is 0 Å². The first-order valence-corrected chi connectivity index (χ1v) is 6.48. The monoisotopic (exact) mass is 257 g/mol. The van der Waals surface area contributed by atoms with Crippen molar-refractivity contribution in [2.45, 2.75) is 33.6 Å². The number of H-pyrrole nitrogens is 1. The van der Waals surface area contributed by atoms with Gasteiger partial charge < -0.3 is 5.32 Å². The SMILES string of the molecule is CCc1cn[nH]c1NC(=O)Cc1ccc(C)c(C)c1. The average Bonchev–Trinajstić information content (AvgIpc) is 2.81. The zero-order valence-corrected chi connectivity index (χ0v) is 11.6. The van der Waals surface area contributed by atoms with Crippen LogP contribution < -0.4 is 5.32 Å². The van der Waals surface area contributed by atoms with Crippen LogP contribution >= 0.6 is 0 Å². The van der Waals surface area contributed by atoms with E-state index in [9.17, 15) is 4.79 Å². The molecule has 1 aromatic heterocycles. The number of hydrogen-bond acceptors (Lipinski definition) is 2. The van der Waals surface area contributed by atoms with Gasteiger partial charge in [0.2, 0.25) is 5.91 Å². The molecule has 0 spiro atoms. The molecule has 0 aliphatic rings. The minimum atomic E-state index is -0.0257. The van der Waals surface area contributed by atoms with E-state index in [1.807, 2.05) is 19.1 Å². The number of aryl methyl sites for hydroxylation is 3. The fourth-order valence-corrected chi connectivity index (χ4v) is 1.97. The predicted octanol–water partition coefficient (Wildman–Crippen LogP) is 2.77. The maximum Gasteiger partial charge on any atom is 0.229 e. The van der Waals surface area contributed by atoms with Crippen LogP contribution in [-0.4, -0.2) is 16.1 Å². The van der Waals surface area contributed by atoms with Gasteiger partial charge in [-0.1, -0.05) is 25.1 Å². The van der Waals surface area contributed by atoms with Gasteiger partial charge in [-0.2, -0.15) is 5.10 Å². The third-order valence-electron chi connectivity index (χ3n) is 3.30. The van der Waals surface area contributed by atoms with Crippen molar-refractivity contribution in [3.63, 3.8) is 0 Å². The Kier molecular flexibility index (Phi) is 4.00. The number of amides is 1. The average molecular weight is 257 g/mol. The minimum Gasteiger partial charge on any atom is -0.311 e. The molecule has 2 N–H and O–H groups in total. The van der Waals surface area contributed by atoms with Gasteiger partial charge in [0.1, 0.15) is 5.82 Å². The lowest BCUT2D eigenvalue weighted by atomic mass is 10.0. The molecular formula is C15H19N3O. The number of carbonyl (C=O) groups excluding carboxylic acids is 1. The molecule has 19 heavy (non-hydrogen) atoms. The smallest absolute Gasteiger partial charge is 0.229 e. The van der Waals surface area contributed by atoms with E-state index in [2.05, 4.69) is 35.4 Å². The molecule has 100 valence electrons. The number of nitrogens with zero attached hydrogens (tertiary/aromatic N) is 1. The number of aromatic amines is 1. The standard InChI is InChI=1S/C15H19N3O/c1-4-13-9-16-18-15(13)17-14(19)8-12-6-5-10(2)11(3)7-12/h5-7,9H,4,8H2,1-3H3,(H2,16,17,18,19). The van der Waals surface area contributed by atoms with Gasteiger partial charge in [0, 0.05) is 5.56 Å². The summed E-state index contributed by atoms with van der Waals surface area (Å²) < 4.78 is 0. The molecule has 0 saturated heterocycles. The fraction of sp³-hybridized carbons (Fsp3) is 0.333. The minimum absolute atomic E-state index is 0.0257. The normalized spacial score (nSPS) is 10.5. The topological polar surface area (TPSA) is 57.8 Å². The first-order valence-electron chi connectivity index (χ1n) is 6.48. The summed E-state index contributed by atoms with van der Waals surface area (Å²) in [7, 11) is 0. The van der Waals surface area contributed by atoms with Gasteiger partial charge in [0.25, 0.3) is 0 Å². The second-order valence-electron chi connectivity index (χ2n) is 4.77. The molecule has 0 atom stereocenters. The van der Waals surface area contributed by atoms with E-state index in [-0.39, 0.29) is 5.91 Å². The van der Waals surface area contributed by atoms with E-state index in [1.165, 1.54) is 11.1 Å². The highest BCUT2D eigenvalue weighted by molar-refractivity contribution is 5.92. The van der Waals surface area contributed by atoms with Gasteiger partial charge in [-0.25, -0.2) is 0 Å². The predicted molar refractivity (Wildman–Crippen MR) is 76.2 cm³/mol. The third kappa shape index (κ3) is 3.22. The Morgan fingerprint density at radius 2 is 2.11 bits per heavy atom. The Balaban J connectivity index is 2.03. The van der Waals surface area contributed by atoms with E-state index in [0.29, 0.717) is 12.2 Å². The lowest BCUT2D eigenvalue weighted by Gasteiger charge is -2.07. The Labute approximate surface area is 113 Å². The second kappa shape index (κ2) is 5.69. The van der Waals surface area contributed by atoms with Gasteiger partial charge in [0.05, 0.1) is 12.6 Å². The van der Waals surface area contributed by atoms with E-state index in [0.717, 1.165) is 17.5 Å². The van der Waals surface area contributed by atoms with Gasteiger partial charge in [-0.05, 0) is 37.0 Å². The largest absolute Gasteiger partial charge is 0.311 e. The third-order valence-corrected chi connectivity index (χ3v) is 3.30. The molecule has 1 heterocycles. The Bertz CT molecular complexity index is 587. The van der Waals surface area contributed by atoms with Crippen molar-refractivity contribution in [1.29, 1.82) is 0 Å². The number of rotatable bonds is 4. The van der Waals surface area contributed by atoms with E-state index in [4.69, 9.17) is 0 Å². The molecule has 0 aliphatic carbocycles. The van der Waals surface area contributed by atoms with Crippen molar-refractivity contribution in [1.82, 2.24) is 10.2 Å². The number of aromatic nitrogens is 2. The summed E-state index contributed by atoms with van der Waals surface area (Å²) in [6, 6.07) is 6.10. The first-order chi connectivity index (χ1) is 9.10. The van der Waals surface area contributed by atoms with Crippen molar-refractivity contribution >= 4 is 11.7 Å². The van der Waals surface area contributed by atoms with Crippen LogP contribution in [0.25, 0.3) is 0 Å². The second-order valence-corrected chi connectivity index (χ2v) is 4.77. The molecule has 0 aliphatic heterocycles. The van der Waals surface area contributed by atoms with Gasteiger partial charge in [0.15, 0.2) is 0 Å². The number of carbonyl (C=O) groups is 1. The first kappa shape index (κ1) is 13.3. The van der Waals surface area contributed by atoms with Crippen molar-refractivity contribution in [2.75, 3.05) is 5.32 Å². The molecule has 0 unspecified atom stereocenters. The number of hydrogen-bond donors (Lipinski definition) is 2. The summed E-state index contributed by atoms with van der Waals surface area (Å²) in [6.07, 6.45) is 2.96. The van der Waals surface area contributed by atoms with E-state index >= 15 is 0 Å². The molecule has 1 amide bonds. The molecular weight excluding hydrogens is 238 g/mol. The fourth-order valence-electron chi connectivity index (χ4n) is 1.97. The van der Waals surface area contributed by atoms with E-state index in [1.54, 1.807) is 6.20 Å². The zero-order chi connectivity index (χ0) is 13.8. The Morgan fingerprint density at radius 1 is 1.32 bits per heavy atom. The van der Waals surface area contributed by atoms with Crippen molar-refractivity contribution in [2.24, 2.45) is 0 Å². The maximum atomic E-state index is 12.0. The summed E-state index contributed by atoms with van der Waals surface area (Å²) in [6.45, 7) is 6.15. The van der Waals surface area contributed by atoms with Crippen molar-refractivity contribution in [3.05, 3.63) is 46.6 Å². The summed E-state index contributed by atoms with van der Waals surface area (Å²) >= 11 is 0. The number of anilines is 1. The van der Waals surface area contributed by atoms with Crippen LogP contribution in [0.3, 0.4) is 0 Å². The summed E-state index contributed by atoms with van der Waals surface area (Å²) in [5.41, 5.74) is 4.50. The quantitative estimate of drug-likeness (QED) is 0.884. The molecule has 0 fully saturated rings. The zero-order valence-electron chi connectivity index (χ0n) is 11.6. The lowest BCUT2D eigenvalue weighted by molar-refractivity contribution is -0.115. The van der Waals surface area contributed by atoms with Gasteiger partial charge in [-0.3, -0.25) is 9.89 Å². The number of nitrogens with one attached hydrogen (secondary N) is 2. The summed E-state index contributed by atoms with van der Waals surface area (Å²) in [5, 5.41) is 9.62. The highest BCUT2D eigenvalue weighted by atomic mass is 16.1. The van der Waals surface area contributed by atoms with Crippen LogP contribution in [0.15, 0.2) is 24.4 Å². The molecule has 0 bridgehead atoms. The highest BCUT2D eigenvalue weighted by Gasteiger charge is 2.09. The summed E-state index contributed by atoms with van der Waals surface area (Å²) in [5.74, 6) is 0.679. The lowest BCUT2D eigenvalue weighted by Crippen LogP contribution is -2.15. The summed E-state index contributed by atoms with van der Waals surface area (Å²) in [4.78, 5) is 12.0. The van der Waals surface area contributed by atoms with Crippen LogP contribution in [0.1, 0.15) is 29.2 Å². The van der Waals surface area contributed by atoms with Gasteiger partial charge >= 0.3 is 0 Å². The molecule has 0 radical (unpaired) electrons. The maximum absolute atomic E-state index is 12.0. The molecule has 4 nitrogen and oxygen atoms in total. The molecule has 1 aromatic carbocycles. The van der Waals surface area contributed by atoms with Crippen LogP contribution in [0.2, 0.25) is 0 Å². The molecule has 2 aromatic rings. The molecule has 0 saturated carbocycles. The van der Waals surface area contributed by atoms with Crippen molar-refractivity contribution in [3.8, 4) is 0 Å². The number of benzene rings is 1. The van der Waals surface area contributed by atoms with Crippen LogP contribution in [0.5, 0.6) is 0 Å².